The van der Waals surface area contributed by atoms with Crippen molar-refractivity contribution < 1.29 is 14.2 Å². The van der Waals surface area contributed by atoms with Gasteiger partial charge in [0.15, 0.2) is 0 Å². The maximum Gasteiger partial charge on any atom is 0.0726 e. The van der Waals surface area contributed by atoms with Crippen molar-refractivity contribution in [3.63, 3.8) is 0 Å². The monoisotopic (exact) mass is 231 g/mol. The van der Waals surface area contributed by atoms with Gasteiger partial charge in [0.1, 0.15) is 0 Å². The molecule has 0 saturated carbocycles. The maximum absolute atomic E-state index is 5.78. The average Bonchev–Trinajstić information content (AvgIpc) is 2.30. The summed E-state index contributed by atoms with van der Waals surface area (Å²) in [5.41, 5.74) is 0. The zero-order valence-electron chi connectivity index (χ0n) is 10.5. The van der Waals surface area contributed by atoms with Crippen molar-refractivity contribution in [2.24, 2.45) is 5.92 Å². The van der Waals surface area contributed by atoms with E-state index in [1.54, 1.807) is 7.11 Å². The first kappa shape index (κ1) is 13.9. The van der Waals surface area contributed by atoms with E-state index in [-0.39, 0.29) is 0 Å². The Bertz CT molecular complexity index is 166. The Morgan fingerprint density at radius 1 is 1.19 bits per heavy atom. The zero-order chi connectivity index (χ0) is 11.6. The predicted molar refractivity (Wildman–Crippen MR) is 63.7 cm³/mol. The zero-order valence-corrected chi connectivity index (χ0v) is 10.5. The van der Waals surface area contributed by atoms with Crippen LogP contribution < -0.4 is 5.32 Å². The smallest absolute Gasteiger partial charge is 0.0726 e. The van der Waals surface area contributed by atoms with Crippen LogP contribution in [0.25, 0.3) is 0 Å². The highest BCUT2D eigenvalue weighted by Gasteiger charge is 2.20. The van der Waals surface area contributed by atoms with Crippen LogP contribution in [0.4, 0.5) is 0 Å². The predicted octanol–water partition coefficient (Wildman–Crippen LogP) is 1.05. The second kappa shape index (κ2) is 8.93. The maximum atomic E-state index is 5.78. The standard InChI is InChI=1S/C12H25NO3/c1-11-4-5-13-10-12(11)16-9-8-15-7-3-6-14-2/h11-13H,3-10H2,1-2H3. The van der Waals surface area contributed by atoms with Gasteiger partial charge in [-0.2, -0.15) is 0 Å². The van der Waals surface area contributed by atoms with Crippen LogP contribution in [0, 0.1) is 5.92 Å². The average molecular weight is 231 g/mol. The molecule has 0 aliphatic carbocycles. The summed E-state index contributed by atoms with van der Waals surface area (Å²) in [6.45, 7) is 7.26. The van der Waals surface area contributed by atoms with Crippen LogP contribution in [0.15, 0.2) is 0 Å². The molecule has 1 aliphatic rings. The number of hydrogen-bond acceptors (Lipinski definition) is 4. The van der Waals surface area contributed by atoms with Gasteiger partial charge >= 0.3 is 0 Å². The van der Waals surface area contributed by atoms with Crippen LogP contribution in [-0.4, -0.2) is 52.7 Å². The number of rotatable bonds is 8. The second-order valence-electron chi connectivity index (χ2n) is 4.34. The summed E-state index contributed by atoms with van der Waals surface area (Å²) in [5, 5.41) is 3.35. The molecular formula is C12H25NO3. The topological polar surface area (TPSA) is 39.7 Å². The number of ether oxygens (including phenoxy) is 3. The van der Waals surface area contributed by atoms with E-state index in [1.807, 2.05) is 0 Å². The quantitative estimate of drug-likeness (QED) is 0.634. The Morgan fingerprint density at radius 3 is 2.81 bits per heavy atom. The molecule has 1 saturated heterocycles. The minimum atomic E-state index is 0.358. The molecule has 1 fully saturated rings. The molecule has 2 unspecified atom stereocenters. The van der Waals surface area contributed by atoms with Gasteiger partial charge in [0.25, 0.3) is 0 Å². The van der Waals surface area contributed by atoms with Gasteiger partial charge in [-0.3, -0.25) is 0 Å². The third-order valence-electron chi connectivity index (χ3n) is 2.95. The van der Waals surface area contributed by atoms with Crippen LogP contribution in [0.5, 0.6) is 0 Å². The van der Waals surface area contributed by atoms with Crippen molar-refractivity contribution in [1.29, 1.82) is 0 Å². The van der Waals surface area contributed by atoms with E-state index in [2.05, 4.69) is 12.2 Å². The molecule has 2 atom stereocenters. The van der Waals surface area contributed by atoms with Crippen molar-refractivity contribution in [2.75, 3.05) is 46.6 Å². The van der Waals surface area contributed by atoms with E-state index < -0.39 is 0 Å². The van der Waals surface area contributed by atoms with Crippen molar-refractivity contribution >= 4 is 0 Å². The van der Waals surface area contributed by atoms with E-state index >= 15 is 0 Å². The first-order valence-electron chi connectivity index (χ1n) is 6.23. The van der Waals surface area contributed by atoms with E-state index in [1.165, 1.54) is 6.42 Å². The normalized spacial score (nSPS) is 25.9. The molecule has 1 heterocycles. The summed E-state index contributed by atoms with van der Waals surface area (Å²) < 4.78 is 16.2. The highest BCUT2D eigenvalue weighted by molar-refractivity contribution is 4.75. The molecule has 16 heavy (non-hydrogen) atoms. The summed E-state index contributed by atoms with van der Waals surface area (Å²) >= 11 is 0. The number of nitrogens with one attached hydrogen (secondary N) is 1. The van der Waals surface area contributed by atoms with E-state index in [0.717, 1.165) is 32.7 Å². The number of hydrogen-bond donors (Lipinski definition) is 1. The van der Waals surface area contributed by atoms with Crippen LogP contribution in [-0.2, 0) is 14.2 Å². The Kier molecular flexibility index (Phi) is 7.76. The van der Waals surface area contributed by atoms with Crippen LogP contribution in [0.3, 0.4) is 0 Å². The number of methoxy groups -OCH3 is 1. The fraction of sp³-hybridized carbons (Fsp3) is 1.00. The summed E-state index contributed by atoms with van der Waals surface area (Å²) in [5.74, 6) is 0.662. The van der Waals surface area contributed by atoms with Crippen molar-refractivity contribution in [2.45, 2.75) is 25.9 Å². The van der Waals surface area contributed by atoms with E-state index in [4.69, 9.17) is 14.2 Å². The fourth-order valence-electron chi connectivity index (χ4n) is 1.85. The third-order valence-corrected chi connectivity index (χ3v) is 2.95. The van der Waals surface area contributed by atoms with Gasteiger partial charge in [0, 0.05) is 26.9 Å². The molecule has 1 aliphatic heterocycles. The molecular weight excluding hydrogens is 206 g/mol. The van der Waals surface area contributed by atoms with Gasteiger partial charge in [0.2, 0.25) is 0 Å². The van der Waals surface area contributed by atoms with Crippen molar-refractivity contribution in [1.82, 2.24) is 5.32 Å². The summed E-state index contributed by atoms with van der Waals surface area (Å²) in [6, 6.07) is 0. The van der Waals surface area contributed by atoms with Crippen LogP contribution in [0.1, 0.15) is 19.8 Å². The van der Waals surface area contributed by atoms with Crippen molar-refractivity contribution in [3.05, 3.63) is 0 Å². The number of piperidine rings is 1. The largest absolute Gasteiger partial charge is 0.385 e. The van der Waals surface area contributed by atoms with Gasteiger partial charge in [-0.05, 0) is 25.3 Å². The minimum Gasteiger partial charge on any atom is -0.385 e. The minimum absolute atomic E-state index is 0.358. The summed E-state index contributed by atoms with van der Waals surface area (Å²) in [7, 11) is 1.71. The highest BCUT2D eigenvalue weighted by Crippen LogP contribution is 2.14. The van der Waals surface area contributed by atoms with Gasteiger partial charge in [-0.15, -0.1) is 0 Å². The molecule has 4 nitrogen and oxygen atoms in total. The molecule has 96 valence electrons. The lowest BCUT2D eigenvalue weighted by Crippen LogP contribution is -2.41. The van der Waals surface area contributed by atoms with Gasteiger partial charge < -0.3 is 19.5 Å². The SMILES string of the molecule is COCCCOCCOC1CNCCC1C. The molecule has 1 N–H and O–H groups in total. The molecule has 0 radical (unpaired) electrons. The first-order valence-corrected chi connectivity index (χ1v) is 6.23. The Hall–Kier alpha value is -0.160. The van der Waals surface area contributed by atoms with Gasteiger partial charge in [-0.1, -0.05) is 6.92 Å². The summed E-state index contributed by atoms with van der Waals surface area (Å²) in [6.07, 6.45) is 2.52. The molecule has 0 aromatic heterocycles. The van der Waals surface area contributed by atoms with E-state index in [9.17, 15) is 0 Å². The fourth-order valence-corrected chi connectivity index (χ4v) is 1.85. The molecule has 4 heteroatoms. The second-order valence-corrected chi connectivity index (χ2v) is 4.34. The van der Waals surface area contributed by atoms with Crippen LogP contribution in [0.2, 0.25) is 0 Å². The molecule has 0 amide bonds. The Morgan fingerprint density at radius 2 is 2.06 bits per heavy atom. The molecule has 0 aromatic rings. The Balaban J connectivity index is 1.90. The van der Waals surface area contributed by atoms with Crippen LogP contribution >= 0.6 is 0 Å². The first-order chi connectivity index (χ1) is 7.84. The van der Waals surface area contributed by atoms with Gasteiger partial charge in [-0.25, -0.2) is 0 Å². The molecule has 0 bridgehead atoms. The lowest BCUT2D eigenvalue weighted by molar-refractivity contribution is -0.0282. The Labute approximate surface area is 98.6 Å². The third kappa shape index (κ3) is 5.80. The lowest BCUT2D eigenvalue weighted by atomic mass is 9.97. The van der Waals surface area contributed by atoms with Crippen molar-refractivity contribution in [3.8, 4) is 0 Å². The van der Waals surface area contributed by atoms with Gasteiger partial charge in [0.05, 0.1) is 19.3 Å². The molecule has 0 spiro atoms. The lowest BCUT2D eigenvalue weighted by Gasteiger charge is -2.29. The molecule has 0 aromatic carbocycles. The summed E-state index contributed by atoms with van der Waals surface area (Å²) in [4.78, 5) is 0. The van der Waals surface area contributed by atoms with E-state index in [0.29, 0.717) is 25.2 Å². The highest BCUT2D eigenvalue weighted by atomic mass is 16.5. The molecule has 1 rings (SSSR count).